The second-order valence-electron chi connectivity index (χ2n) is 8.77. The summed E-state index contributed by atoms with van der Waals surface area (Å²) in [7, 11) is 0. The molecule has 9 N–H and O–H groups in total. The molecule has 3 rings (SSSR count). The monoisotopic (exact) mass is 522 g/mol. The molecule has 0 aliphatic carbocycles. The Kier molecular flexibility index (Phi) is 9.54. The maximum Gasteiger partial charge on any atom is 0.326 e. The minimum absolute atomic E-state index is 0.0462. The molecule has 12 heteroatoms. The highest BCUT2D eigenvalue weighted by molar-refractivity contribution is 5.95. The quantitative estimate of drug-likeness (QED) is 0.154. The molecule has 3 unspecified atom stereocenters. The molecule has 0 radical (unpaired) electrons. The molecule has 0 aliphatic rings. The molecule has 3 aromatic rings. The number of carbonyl (C=O) groups excluding carboxylic acids is 4. The third-order valence-corrected chi connectivity index (χ3v) is 5.83. The Labute approximate surface area is 218 Å². The fraction of sp³-hybridized carbons (Fsp3) is 0.269. The number of carboxylic acids is 1. The van der Waals surface area contributed by atoms with E-state index in [-0.39, 0.29) is 12.8 Å². The molecule has 200 valence electrons. The van der Waals surface area contributed by atoms with Crippen LogP contribution in [0.5, 0.6) is 0 Å². The van der Waals surface area contributed by atoms with Crippen LogP contribution in [0.2, 0.25) is 0 Å². The van der Waals surface area contributed by atoms with Gasteiger partial charge in [0.1, 0.15) is 12.1 Å². The lowest BCUT2D eigenvalue weighted by Gasteiger charge is -2.20. The Hall–Kier alpha value is -4.71. The number of primary amides is 1. The van der Waals surface area contributed by atoms with E-state index in [1.807, 2.05) is 24.3 Å². The zero-order valence-electron chi connectivity index (χ0n) is 20.5. The van der Waals surface area contributed by atoms with Gasteiger partial charge in [0.25, 0.3) is 0 Å². The van der Waals surface area contributed by atoms with E-state index < -0.39 is 60.7 Å². The Balaban J connectivity index is 1.55. The van der Waals surface area contributed by atoms with Crippen molar-refractivity contribution in [1.82, 2.24) is 20.9 Å². The van der Waals surface area contributed by atoms with Crippen LogP contribution < -0.4 is 27.4 Å². The third-order valence-electron chi connectivity index (χ3n) is 5.83. The van der Waals surface area contributed by atoms with Gasteiger partial charge in [0.05, 0.1) is 19.0 Å². The lowest BCUT2D eigenvalue weighted by Crippen LogP contribution is -2.54. The number of aliphatic carboxylic acids is 1. The molecular weight excluding hydrogens is 492 g/mol. The zero-order chi connectivity index (χ0) is 27.7. The first-order valence-corrected chi connectivity index (χ1v) is 11.9. The molecule has 4 amide bonds. The van der Waals surface area contributed by atoms with E-state index in [4.69, 9.17) is 11.5 Å². The molecule has 2 aromatic carbocycles. The van der Waals surface area contributed by atoms with Crippen molar-refractivity contribution in [3.05, 3.63) is 71.9 Å². The van der Waals surface area contributed by atoms with Crippen LogP contribution >= 0.6 is 0 Å². The van der Waals surface area contributed by atoms with Gasteiger partial charge in [-0.2, -0.15) is 0 Å². The molecule has 0 saturated carbocycles. The van der Waals surface area contributed by atoms with E-state index >= 15 is 0 Å². The maximum atomic E-state index is 12.7. The Morgan fingerprint density at radius 1 is 0.868 bits per heavy atom. The van der Waals surface area contributed by atoms with Gasteiger partial charge in [-0.05, 0) is 23.6 Å². The number of para-hydroxylation sites is 1. The van der Waals surface area contributed by atoms with E-state index in [2.05, 4.69) is 20.9 Å². The molecule has 0 spiro atoms. The molecule has 1 heterocycles. The molecule has 0 saturated heterocycles. The number of rotatable bonds is 13. The summed E-state index contributed by atoms with van der Waals surface area (Å²) in [5.41, 5.74) is 13.7. The van der Waals surface area contributed by atoms with Gasteiger partial charge < -0.3 is 37.5 Å². The first kappa shape index (κ1) is 27.9. The maximum absolute atomic E-state index is 12.7. The number of carbonyl (C=O) groups is 5. The summed E-state index contributed by atoms with van der Waals surface area (Å²) >= 11 is 0. The topological polar surface area (TPSA) is 209 Å². The number of benzene rings is 2. The third kappa shape index (κ3) is 7.90. The van der Waals surface area contributed by atoms with Crippen LogP contribution in [0.25, 0.3) is 10.9 Å². The fourth-order valence-electron chi connectivity index (χ4n) is 3.91. The van der Waals surface area contributed by atoms with Crippen LogP contribution in [0, 0.1) is 0 Å². The number of aromatic amines is 1. The van der Waals surface area contributed by atoms with Gasteiger partial charge in [-0.3, -0.25) is 19.2 Å². The molecule has 12 nitrogen and oxygen atoms in total. The highest BCUT2D eigenvalue weighted by Gasteiger charge is 2.27. The summed E-state index contributed by atoms with van der Waals surface area (Å²) in [5.74, 6) is -4.39. The molecule has 0 fully saturated rings. The fourth-order valence-corrected chi connectivity index (χ4v) is 3.91. The Morgan fingerprint density at radius 3 is 2.24 bits per heavy atom. The normalized spacial score (nSPS) is 13.2. The average Bonchev–Trinajstić information content (AvgIpc) is 3.29. The number of carboxylic acid groups (broad SMARTS) is 1. The summed E-state index contributed by atoms with van der Waals surface area (Å²) < 4.78 is 0. The van der Waals surface area contributed by atoms with E-state index in [0.717, 1.165) is 16.5 Å². The van der Waals surface area contributed by atoms with E-state index in [1.54, 1.807) is 36.5 Å². The summed E-state index contributed by atoms with van der Waals surface area (Å²) in [5, 5.41) is 17.4. The van der Waals surface area contributed by atoms with Crippen molar-refractivity contribution >= 4 is 40.5 Å². The lowest BCUT2D eigenvalue weighted by atomic mass is 10.0. The summed E-state index contributed by atoms with van der Waals surface area (Å²) in [4.78, 5) is 63.9. The van der Waals surface area contributed by atoms with Gasteiger partial charge in [0, 0.05) is 23.5 Å². The predicted octanol–water partition coefficient (Wildman–Crippen LogP) is -0.674. The number of H-pyrrole nitrogens is 1. The highest BCUT2D eigenvalue weighted by Crippen LogP contribution is 2.18. The van der Waals surface area contributed by atoms with Crippen molar-refractivity contribution in [2.24, 2.45) is 11.5 Å². The van der Waals surface area contributed by atoms with Gasteiger partial charge in [-0.1, -0.05) is 48.5 Å². The molecule has 38 heavy (non-hydrogen) atoms. The van der Waals surface area contributed by atoms with Gasteiger partial charge in [0.2, 0.25) is 23.6 Å². The molecule has 3 atom stereocenters. The highest BCUT2D eigenvalue weighted by atomic mass is 16.4. The molecule has 0 aliphatic heterocycles. The van der Waals surface area contributed by atoms with Crippen LogP contribution in [0.4, 0.5) is 0 Å². The summed E-state index contributed by atoms with van der Waals surface area (Å²) in [6, 6.07) is 12.6. The largest absolute Gasteiger partial charge is 0.480 e. The summed E-state index contributed by atoms with van der Waals surface area (Å²) in [6.07, 6.45) is 1.43. The van der Waals surface area contributed by atoms with Gasteiger partial charge in [-0.25, -0.2) is 4.79 Å². The zero-order valence-corrected chi connectivity index (χ0v) is 20.5. The van der Waals surface area contributed by atoms with Crippen molar-refractivity contribution in [3.8, 4) is 0 Å². The van der Waals surface area contributed by atoms with Crippen molar-refractivity contribution < 1.29 is 29.1 Å². The molecular formula is C26H30N6O6. The van der Waals surface area contributed by atoms with Crippen LogP contribution in [0.15, 0.2) is 60.8 Å². The minimum Gasteiger partial charge on any atom is -0.480 e. The number of nitrogens with one attached hydrogen (secondary N) is 4. The number of aromatic nitrogens is 1. The molecule has 0 bridgehead atoms. The Bertz CT molecular complexity index is 1310. The number of hydrogen-bond donors (Lipinski definition) is 7. The van der Waals surface area contributed by atoms with Crippen molar-refractivity contribution in [2.75, 3.05) is 6.54 Å². The number of fused-ring (bicyclic) bond motifs is 1. The standard InChI is InChI=1S/C26H30N6O6/c27-18(11-16-13-29-19-9-5-4-8-17(16)19)24(35)32-20(12-22(28)33)25(36)30-14-23(34)31-21(26(37)38)10-15-6-2-1-3-7-15/h1-9,13,18,20-21,29H,10-12,14,27H2,(H2,28,33)(H,30,36)(H,31,34)(H,32,35)(H,37,38). The minimum atomic E-state index is -1.37. The number of hydrogen-bond acceptors (Lipinski definition) is 6. The average molecular weight is 523 g/mol. The second kappa shape index (κ2) is 13.0. The first-order valence-electron chi connectivity index (χ1n) is 11.9. The smallest absolute Gasteiger partial charge is 0.326 e. The van der Waals surface area contributed by atoms with Crippen LogP contribution in [-0.2, 0) is 36.8 Å². The van der Waals surface area contributed by atoms with Gasteiger partial charge in [-0.15, -0.1) is 0 Å². The van der Waals surface area contributed by atoms with Crippen molar-refractivity contribution in [3.63, 3.8) is 0 Å². The van der Waals surface area contributed by atoms with Gasteiger partial charge >= 0.3 is 5.97 Å². The number of nitrogens with two attached hydrogens (primary N) is 2. The summed E-state index contributed by atoms with van der Waals surface area (Å²) in [6.45, 7) is -0.579. The number of amides is 4. The van der Waals surface area contributed by atoms with E-state index in [1.165, 1.54) is 0 Å². The second-order valence-corrected chi connectivity index (χ2v) is 8.77. The van der Waals surface area contributed by atoms with Gasteiger partial charge in [0.15, 0.2) is 0 Å². The van der Waals surface area contributed by atoms with Crippen molar-refractivity contribution in [2.45, 2.75) is 37.4 Å². The SMILES string of the molecule is NC(=O)CC(NC(=O)C(N)Cc1c[nH]c2ccccc12)C(=O)NCC(=O)NC(Cc1ccccc1)C(=O)O. The van der Waals surface area contributed by atoms with E-state index in [9.17, 15) is 29.1 Å². The predicted molar refractivity (Wildman–Crippen MR) is 138 cm³/mol. The van der Waals surface area contributed by atoms with Crippen molar-refractivity contribution in [1.29, 1.82) is 0 Å². The van der Waals surface area contributed by atoms with Crippen LogP contribution in [-0.4, -0.2) is 64.4 Å². The Morgan fingerprint density at radius 2 is 1.55 bits per heavy atom. The molecule has 1 aromatic heterocycles. The van der Waals surface area contributed by atoms with E-state index in [0.29, 0.717) is 5.56 Å². The lowest BCUT2D eigenvalue weighted by molar-refractivity contribution is -0.141. The van der Waals surface area contributed by atoms with Crippen LogP contribution in [0.3, 0.4) is 0 Å². The van der Waals surface area contributed by atoms with Crippen LogP contribution in [0.1, 0.15) is 17.5 Å². The first-order chi connectivity index (χ1) is 18.1.